The van der Waals surface area contributed by atoms with E-state index in [0.29, 0.717) is 12.3 Å². The highest BCUT2D eigenvalue weighted by Crippen LogP contribution is 2.34. The summed E-state index contributed by atoms with van der Waals surface area (Å²) in [4.78, 5) is 21.9. The number of carboxylic acids is 1. The number of carbonyl (C=O) groups is 2. The summed E-state index contributed by atoms with van der Waals surface area (Å²) < 4.78 is 38.7. The van der Waals surface area contributed by atoms with Gasteiger partial charge in [0.15, 0.2) is 6.10 Å². The maximum absolute atomic E-state index is 13.1. The fraction of sp³-hybridized carbons (Fsp3) is 0.440. The highest BCUT2D eigenvalue weighted by molar-refractivity contribution is 5.80. The van der Waals surface area contributed by atoms with Crippen molar-refractivity contribution in [2.45, 2.75) is 37.6 Å². The maximum atomic E-state index is 13.1. The number of carboxylic acid groups (broad SMARTS) is 1. The number of nitrogens with zero attached hydrogens (tertiary/aromatic N) is 1. The van der Waals surface area contributed by atoms with E-state index in [9.17, 15) is 18.0 Å². The molecule has 0 amide bonds. The van der Waals surface area contributed by atoms with E-state index in [2.05, 4.69) is 24.5 Å². The monoisotopic (exact) mass is 478 g/mol. The number of hydrogen-bond donors (Lipinski definition) is 1. The van der Waals surface area contributed by atoms with E-state index in [4.69, 9.17) is 14.6 Å². The molecule has 5 rings (SSSR count). The number of ether oxygens (including phenoxy) is 1. The van der Waals surface area contributed by atoms with Gasteiger partial charge in [0.05, 0.1) is 20.1 Å². The average molecular weight is 479 g/mol. The van der Waals surface area contributed by atoms with E-state index in [1.807, 2.05) is 48.5 Å². The molecule has 184 valence electrons. The SMILES string of the molecule is C[N+]12CCC(CC1)[C@@H](OC(=O)C(Cc1ccccc1)Nc1ccccc1)C2.O=C([O-])C(F)(F)F. The van der Waals surface area contributed by atoms with Crippen molar-refractivity contribution in [1.29, 1.82) is 0 Å². The van der Waals surface area contributed by atoms with Gasteiger partial charge in [0.25, 0.3) is 0 Å². The summed E-state index contributed by atoms with van der Waals surface area (Å²) in [7, 11) is 2.29. The third-order valence-corrected chi connectivity index (χ3v) is 6.41. The molecule has 1 N–H and O–H groups in total. The first-order chi connectivity index (χ1) is 16.1. The van der Waals surface area contributed by atoms with Gasteiger partial charge in [-0.15, -0.1) is 0 Å². The van der Waals surface area contributed by atoms with Crippen LogP contribution in [0.2, 0.25) is 0 Å². The van der Waals surface area contributed by atoms with E-state index >= 15 is 0 Å². The van der Waals surface area contributed by atoms with E-state index < -0.39 is 12.1 Å². The first-order valence-electron chi connectivity index (χ1n) is 11.2. The van der Waals surface area contributed by atoms with E-state index in [0.717, 1.165) is 22.3 Å². The van der Waals surface area contributed by atoms with Crippen LogP contribution in [0.5, 0.6) is 0 Å². The normalized spacial score (nSPS) is 24.4. The number of aliphatic carboxylic acids is 1. The number of esters is 1. The summed E-state index contributed by atoms with van der Waals surface area (Å²) in [6.45, 7) is 3.39. The number of hydrogen-bond acceptors (Lipinski definition) is 5. The molecule has 6 nitrogen and oxygen atoms in total. The number of alkyl halides is 3. The third-order valence-electron chi connectivity index (χ3n) is 6.41. The van der Waals surface area contributed by atoms with Crippen LogP contribution in [0.3, 0.4) is 0 Å². The second kappa shape index (κ2) is 10.9. The molecule has 2 bridgehead atoms. The van der Waals surface area contributed by atoms with Gasteiger partial charge >= 0.3 is 12.1 Å². The van der Waals surface area contributed by atoms with E-state index in [-0.39, 0.29) is 18.1 Å². The number of piperidine rings is 3. The quantitative estimate of drug-likeness (QED) is 0.510. The van der Waals surface area contributed by atoms with E-state index in [1.54, 1.807) is 0 Å². The molecule has 1 unspecified atom stereocenters. The number of benzene rings is 2. The molecular formula is C25H29F3N2O4. The molecule has 3 heterocycles. The molecular weight excluding hydrogens is 449 g/mol. The molecule has 0 aromatic heterocycles. The number of fused-ring (bicyclic) bond motifs is 3. The van der Waals surface area contributed by atoms with E-state index in [1.165, 1.54) is 25.9 Å². The molecule has 2 aromatic carbocycles. The van der Waals surface area contributed by atoms with Crippen LogP contribution in [-0.2, 0) is 20.7 Å². The minimum atomic E-state index is -5.19. The van der Waals surface area contributed by atoms with Crippen LogP contribution in [-0.4, -0.2) is 61.4 Å². The lowest BCUT2D eigenvalue weighted by atomic mass is 9.84. The van der Waals surface area contributed by atoms with Gasteiger partial charge in [0.1, 0.15) is 18.6 Å². The summed E-state index contributed by atoms with van der Waals surface area (Å²) >= 11 is 0. The van der Waals surface area contributed by atoms with Crippen molar-refractivity contribution in [3.63, 3.8) is 0 Å². The Morgan fingerprint density at radius 2 is 1.59 bits per heavy atom. The summed E-state index contributed by atoms with van der Waals surface area (Å²) in [5, 5.41) is 12.2. The zero-order valence-corrected chi connectivity index (χ0v) is 19.0. The van der Waals surface area contributed by atoms with Gasteiger partial charge in [-0.05, 0) is 17.7 Å². The Kier molecular flexibility index (Phi) is 8.19. The van der Waals surface area contributed by atoms with Crippen LogP contribution in [0.15, 0.2) is 60.7 Å². The molecule has 0 aliphatic carbocycles. The van der Waals surface area contributed by atoms with Crippen LogP contribution in [0, 0.1) is 5.92 Å². The minimum absolute atomic E-state index is 0.0563. The lowest BCUT2D eigenvalue weighted by Crippen LogP contribution is -2.62. The number of halogens is 3. The third kappa shape index (κ3) is 7.21. The van der Waals surface area contributed by atoms with Crippen molar-refractivity contribution in [3.8, 4) is 0 Å². The van der Waals surface area contributed by atoms with Gasteiger partial charge in [0, 0.05) is 30.9 Å². The first-order valence-corrected chi connectivity index (χ1v) is 11.2. The lowest BCUT2D eigenvalue weighted by molar-refractivity contribution is -0.928. The van der Waals surface area contributed by atoms with Crippen LogP contribution in [0.1, 0.15) is 18.4 Å². The fourth-order valence-electron chi connectivity index (χ4n) is 4.49. The van der Waals surface area contributed by atoms with Gasteiger partial charge < -0.3 is 24.4 Å². The summed E-state index contributed by atoms with van der Waals surface area (Å²) in [6.07, 6.45) is -2.17. The molecule has 0 spiro atoms. The summed E-state index contributed by atoms with van der Waals surface area (Å²) in [5.74, 6) is -2.61. The second-order valence-corrected chi connectivity index (χ2v) is 9.10. The van der Waals surface area contributed by atoms with Crippen LogP contribution in [0.25, 0.3) is 0 Å². The first kappa shape index (κ1) is 25.6. The van der Waals surface area contributed by atoms with Crippen LogP contribution in [0.4, 0.5) is 18.9 Å². The van der Waals surface area contributed by atoms with Crippen molar-refractivity contribution >= 4 is 17.6 Å². The minimum Gasteiger partial charge on any atom is -0.542 e. The molecule has 3 aliphatic rings. The Morgan fingerprint density at radius 3 is 2.09 bits per heavy atom. The number of anilines is 1. The highest BCUT2D eigenvalue weighted by atomic mass is 19.4. The zero-order valence-electron chi connectivity index (χ0n) is 19.0. The Labute approximate surface area is 196 Å². The predicted molar refractivity (Wildman–Crippen MR) is 118 cm³/mol. The predicted octanol–water partition coefficient (Wildman–Crippen LogP) is 2.79. The van der Waals surface area contributed by atoms with Crippen molar-refractivity contribution in [2.24, 2.45) is 5.92 Å². The molecule has 3 saturated heterocycles. The summed E-state index contributed by atoms with van der Waals surface area (Å²) in [6, 6.07) is 19.7. The standard InChI is InChI=1S/C23H29N2O2.C2HF3O2/c1-25-14-12-19(13-15-25)22(17-25)27-23(26)21(16-18-8-4-2-5-9-18)24-20-10-6-3-7-11-20;3-2(4,5)1(6)7/h2-11,19,21-22,24H,12-17H2,1H3;(H,6,7)/q+1;/p-1/t19?,21?,22-,25?;/m0./s1. The van der Waals surface area contributed by atoms with Gasteiger partial charge in [-0.2, -0.15) is 13.2 Å². The van der Waals surface area contributed by atoms with Crippen molar-refractivity contribution < 1.29 is 37.1 Å². The Morgan fingerprint density at radius 1 is 1.06 bits per heavy atom. The molecule has 3 aliphatic heterocycles. The molecule has 0 radical (unpaired) electrons. The van der Waals surface area contributed by atoms with Crippen LogP contribution < -0.4 is 10.4 Å². The van der Waals surface area contributed by atoms with Gasteiger partial charge in [0.2, 0.25) is 0 Å². The average Bonchev–Trinajstić information content (AvgIpc) is 2.80. The number of nitrogens with one attached hydrogen (secondary N) is 1. The van der Waals surface area contributed by atoms with Crippen LogP contribution >= 0.6 is 0 Å². The Hall–Kier alpha value is -3.07. The lowest BCUT2D eigenvalue weighted by Gasteiger charge is -2.49. The fourth-order valence-corrected chi connectivity index (χ4v) is 4.49. The van der Waals surface area contributed by atoms with Gasteiger partial charge in [-0.25, -0.2) is 4.79 Å². The highest BCUT2D eigenvalue weighted by Gasteiger charge is 2.45. The van der Waals surface area contributed by atoms with Crippen molar-refractivity contribution in [1.82, 2.24) is 0 Å². The molecule has 0 saturated carbocycles. The number of likely N-dealkylation sites (N-methyl/N-ethyl adjacent to an activating group) is 1. The Balaban J connectivity index is 0.000000406. The van der Waals surface area contributed by atoms with Gasteiger partial charge in [-0.1, -0.05) is 48.5 Å². The van der Waals surface area contributed by atoms with Gasteiger partial charge in [-0.3, -0.25) is 0 Å². The molecule has 3 fully saturated rings. The molecule has 9 heteroatoms. The number of para-hydroxylation sites is 1. The molecule has 2 atom stereocenters. The Bertz CT molecular complexity index is 904. The zero-order chi connectivity index (χ0) is 24.8. The topological polar surface area (TPSA) is 78.5 Å². The van der Waals surface area contributed by atoms with Crippen molar-refractivity contribution in [2.75, 3.05) is 32.0 Å². The second-order valence-electron chi connectivity index (χ2n) is 9.10. The van der Waals surface area contributed by atoms with Crippen molar-refractivity contribution in [3.05, 3.63) is 66.2 Å². The molecule has 34 heavy (non-hydrogen) atoms. The smallest absolute Gasteiger partial charge is 0.430 e. The number of rotatable bonds is 6. The molecule has 2 aromatic rings. The number of quaternary nitrogens is 1. The maximum Gasteiger partial charge on any atom is 0.430 e. The number of carbonyl (C=O) groups excluding carboxylic acids is 2. The summed E-state index contributed by atoms with van der Waals surface area (Å²) in [5.41, 5.74) is 2.08. The largest absolute Gasteiger partial charge is 0.542 e.